The van der Waals surface area contributed by atoms with Crippen LogP contribution >= 0.6 is 34.5 Å². The van der Waals surface area contributed by atoms with Gasteiger partial charge in [0, 0.05) is 35.3 Å². The lowest BCUT2D eigenvalue weighted by molar-refractivity contribution is -0.121. The van der Waals surface area contributed by atoms with E-state index < -0.39 is 5.97 Å². The maximum atomic E-state index is 13.2. The van der Waals surface area contributed by atoms with Gasteiger partial charge in [0.1, 0.15) is 10.7 Å². The Hall–Kier alpha value is -2.13. The van der Waals surface area contributed by atoms with Gasteiger partial charge in [-0.3, -0.25) is 9.59 Å². The Kier molecular flexibility index (Phi) is 8.05. The van der Waals surface area contributed by atoms with Crippen LogP contribution in [0.15, 0.2) is 24.3 Å². The number of carboxylic acids is 1. The molecule has 0 bridgehead atoms. The van der Waals surface area contributed by atoms with Crippen LogP contribution in [0.4, 0.5) is 0 Å². The third-order valence-electron chi connectivity index (χ3n) is 5.71. The van der Waals surface area contributed by atoms with Crippen LogP contribution in [0.25, 0.3) is 0 Å². The molecule has 1 aromatic carbocycles. The van der Waals surface area contributed by atoms with Gasteiger partial charge in [-0.2, -0.15) is 0 Å². The van der Waals surface area contributed by atoms with E-state index >= 15 is 0 Å². The van der Waals surface area contributed by atoms with E-state index in [0.717, 1.165) is 11.3 Å². The smallest absolute Gasteiger partial charge is 0.346 e. The van der Waals surface area contributed by atoms with E-state index in [1.807, 2.05) is 26.8 Å². The fourth-order valence-corrected chi connectivity index (χ4v) is 5.52. The van der Waals surface area contributed by atoms with Crippen molar-refractivity contribution in [3.05, 3.63) is 55.2 Å². The monoisotopic (exact) mass is 504 g/mol. The molecule has 1 atom stereocenters. The van der Waals surface area contributed by atoms with Gasteiger partial charge in [0.25, 0.3) is 0 Å². The molecule has 1 fully saturated rings. The van der Waals surface area contributed by atoms with Crippen LogP contribution in [-0.4, -0.2) is 22.6 Å². The molecule has 3 rings (SSSR count). The molecule has 1 heterocycles. The molecule has 0 aliphatic heterocycles. The molecule has 2 aromatic rings. The predicted molar refractivity (Wildman–Crippen MR) is 133 cm³/mol. The molecule has 1 saturated carbocycles. The zero-order valence-electron chi connectivity index (χ0n) is 18.8. The highest BCUT2D eigenvalue weighted by Crippen LogP contribution is 2.42. The summed E-state index contributed by atoms with van der Waals surface area (Å²) in [7, 11) is 0. The third kappa shape index (κ3) is 6.69. The van der Waals surface area contributed by atoms with Gasteiger partial charge < -0.3 is 5.11 Å². The minimum Gasteiger partial charge on any atom is -0.477 e. The third-order valence-corrected chi connectivity index (χ3v) is 7.31. The van der Waals surface area contributed by atoms with E-state index in [0.29, 0.717) is 46.7 Å². The van der Waals surface area contributed by atoms with Crippen molar-refractivity contribution >= 4 is 52.1 Å². The van der Waals surface area contributed by atoms with E-state index in [2.05, 4.69) is 11.8 Å². The fourth-order valence-electron chi connectivity index (χ4n) is 4.08. The van der Waals surface area contributed by atoms with E-state index in [1.54, 1.807) is 12.1 Å². The molecule has 7 heteroatoms. The Bertz CT molecular complexity index is 1140. The van der Waals surface area contributed by atoms with Crippen molar-refractivity contribution in [1.29, 1.82) is 0 Å². The van der Waals surface area contributed by atoms with Gasteiger partial charge in [0.2, 0.25) is 0 Å². The summed E-state index contributed by atoms with van der Waals surface area (Å²) >= 11 is 13.4. The predicted octanol–water partition coefficient (Wildman–Crippen LogP) is 7.27. The van der Waals surface area contributed by atoms with Crippen LogP contribution in [-0.2, 0) is 4.79 Å². The van der Waals surface area contributed by atoms with Gasteiger partial charge in [0.05, 0.1) is 9.90 Å². The van der Waals surface area contributed by atoms with Gasteiger partial charge in [0.15, 0.2) is 5.78 Å². The summed E-state index contributed by atoms with van der Waals surface area (Å²) in [5.74, 6) is 4.92. The first-order valence-corrected chi connectivity index (χ1v) is 12.4. The maximum absolute atomic E-state index is 13.2. The summed E-state index contributed by atoms with van der Waals surface area (Å²) < 4.78 is 0. The number of thiophene rings is 1. The Balaban J connectivity index is 2.02. The van der Waals surface area contributed by atoms with Crippen LogP contribution in [0.3, 0.4) is 0 Å². The van der Waals surface area contributed by atoms with Crippen LogP contribution in [0.1, 0.15) is 89.3 Å². The Labute approximate surface area is 208 Å². The van der Waals surface area contributed by atoms with Crippen LogP contribution in [0, 0.1) is 23.2 Å². The SMILES string of the molecule is CC(C)(C)C#Cc1cc(C(CC(=O)c2ccc(Cl)cc2Cl)C2CCC(=O)CC2)c(C(=O)O)s1. The van der Waals surface area contributed by atoms with E-state index in [9.17, 15) is 19.5 Å². The molecule has 0 saturated heterocycles. The van der Waals surface area contributed by atoms with Crippen molar-refractivity contribution in [2.75, 3.05) is 0 Å². The molecule has 1 aliphatic carbocycles. The van der Waals surface area contributed by atoms with E-state index in [4.69, 9.17) is 23.2 Å². The molecule has 174 valence electrons. The normalized spacial score (nSPS) is 15.6. The average molecular weight is 505 g/mol. The first-order valence-electron chi connectivity index (χ1n) is 10.8. The highest BCUT2D eigenvalue weighted by Gasteiger charge is 2.33. The number of carboxylic acid groups (broad SMARTS) is 1. The summed E-state index contributed by atoms with van der Waals surface area (Å²) in [6.07, 6.45) is 2.25. The molecule has 0 radical (unpaired) electrons. The first-order chi connectivity index (χ1) is 15.4. The molecular weight excluding hydrogens is 479 g/mol. The van der Waals surface area contributed by atoms with Crippen LogP contribution in [0.5, 0.6) is 0 Å². The number of rotatable bonds is 6. The van der Waals surface area contributed by atoms with Crippen molar-refractivity contribution in [3.8, 4) is 11.8 Å². The second kappa shape index (κ2) is 10.4. The maximum Gasteiger partial charge on any atom is 0.346 e. The number of carbonyl (C=O) groups is 3. The van der Waals surface area contributed by atoms with Crippen molar-refractivity contribution in [3.63, 3.8) is 0 Å². The summed E-state index contributed by atoms with van der Waals surface area (Å²) in [5.41, 5.74) is 0.749. The van der Waals surface area contributed by atoms with E-state index in [-0.39, 0.29) is 45.1 Å². The van der Waals surface area contributed by atoms with Crippen molar-refractivity contribution in [2.24, 2.45) is 11.3 Å². The molecular formula is C26H26Cl2O4S. The number of Topliss-reactive ketones (excluding diaryl/α,β-unsaturated/α-hetero) is 2. The fraction of sp³-hybridized carbons (Fsp3) is 0.423. The van der Waals surface area contributed by atoms with Crippen LogP contribution < -0.4 is 0 Å². The van der Waals surface area contributed by atoms with Crippen molar-refractivity contribution < 1.29 is 19.5 Å². The molecule has 4 nitrogen and oxygen atoms in total. The highest BCUT2D eigenvalue weighted by atomic mass is 35.5. The number of hydrogen-bond donors (Lipinski definition) is 1. The van der Waals surface area contributed by atoms with Crippen LogP contribution in [0.2, 0.25) is 10.0 Å². The quantitative estimate of drug-likeness (QED) is 0.331. The van der Waals surface area contributed by atoms with Crippen molar-refractivity contribution in [2.45, 2.75) is 58.8 Å². The number of aromatic carboxylic acids is 1. The molecule has 0 amide bonds. The standard InChI is InChI=1S/C26H26Cl2O4S/c1-26(2,3)11-10-18-13-21(24(33-18)25(31)32)20(15-4-7-17(29)8-5-15)14-23(30)19-9-6-16(27)12-22(19)28/h6,9,12-13,15,20H,4-5,7-8,14H2,1-3H3,(H,31,32). The largest absolute Gasteiger partial charge is 0.477 e. The first kappa shape index (κ1) is 25.5. The lowest BCUT2D eigenvalue weighted by atomic mass is 9.74. The average Bonchev–Trinajstić information content (AvgIpc) is 3.15. The molecule has 33 heavy (non-hydrogen) atoms. The lowest BCUT2D eigenvalue weighted by Crippen LogP contribution is -2.23. The minimum absolute atomic E-state index is 0.0221. The Morgan fingerprint density at radius 2 is 1.85 bits per heavy atom. The molecule has 1 unspecified atom stereocenters. The van der Waals surface area contributed by atoms with Crippen molar-refractivity contribution in [1.82, 2.24) is 0 Å². The number of halogens is 2. The topological polar surface area (TPSA) is 71.4 Å². The van der Waals surface area contributed by atoms with E-state index in [1.165, 1.54) is 6.07 Å². The number of benzene rings is 1. The second-order valence-electron chi connectivity index (χ2n) is 9.43. The minimum atomic E-state index is -1.03. The Morgan fingerprint density at radius 3 is 2.42 bits per heavy atom. The molecule has 1 N–H and O–H groups in total. The van der Waals surface area contributed by atoms with Gasteiger partial charge in [-0.1, -0.05) is 35.0 Å². The number of ketones is 2. The summed E-state index contributed by atoms with van der Waals surface area (Å²) in [5, 5.41) is 10.6. The number of hydrogen-bond acceptors (Lipinski definition) is 4. The molecule has 1 aromatic heterocycles. The van der Waals surface area contributed by atoms with Gasteiger partial charge in [-0.05, 0) is 75.3 Å². The summed E-state index contributed by atoms with van der Waals surface area (Å²) in [6.45, 7) is 5.97. The number of carbonyl (C=O) groups excluding carboxylic acids is 2. The lowest BCUT2D eigenvalue weighted by Gasteiger charge is -2.29. The molecule has 1 aliphatic rings. The molecule has 0 spiro atoms. The Morgan fingerprint density at radius 1 is 1.18 bits per heavy atom. The summed E-state index contributed by atoms with van der Waals surface area (Å²) in [6, 6.07) is 6.55. The zero-order chi connectivity index (χ0) is 24.3. The zero-order valence-corrected chi connectivity index (χ0v) is 21.2. The van der Waals surface area contributed by atoms with Gasteiger partial charge in [-0.15, -0.1) is 11.3 Å². The second-order valence-corrected chi connectivity index (χ2v) is 11.3. The van der Waals surface area contributed by atoms with Gasteiger partial charge in [-0.25, -0.2) is 4.79 Å². The summed E-state index contributed by atoms with van der Waals surface area (Å²) in [4.78, 5) is 38.1. The van der Waals surface area contributed by atoms with Gasteiger partial charge >= 0.3 is 5.97 Å². The highest BCUT2D eigenvalue weighted by molar-refractivity contribution is 7.14.